The zero-order valence-corrected chi connectivity index (χ0v) is 8.96. The van der Waals surface area contributed by atoms with Gasteiger partial charge in [0.1, 0.15) is 6.29 Å². The summed E-state index contributed by atoms with van der Waals surface area (Å²) in [6, 6.07) is -0.350. The molecule has 1 unspecified atom stereocenters. The zero-order chi connectivity index (χ0) is 10.9. The molecule has 0 aliphatic rings. The van der Waals surface area contributed by atoms with Gasteiger partial charge in [0.05, 0.1) is 11.6 Å². The van der Waals surface area contributed by atoms with Crippen molar-refractivity contribution in [2.24, 2.45) is 0 Å². The summed E-state index contributed by atoms with van der Waals surface area (Å²) in [7, 11) is 1.71. The van der Waals surface area contributed by atoms with Crippen molar-refractivity contribution in [1.29, 1.82) is 0 Å². The number of aldehydes is 1. The number of rotatable bonds is 3. The molecule has 0 aromatic rings. The van der Waals surface area contributed by atoms with E-state index in [1.807, 2.05) is 20.8 Å². The third-order valence-corrected chi connectivity index (χ3v) is 1.15. The van der Waals surface area contributed by atoms with Gasteiger partial charge in [0, 0.05) is 7.11 Å². The summed E-state index contributed by atoms with van der Waals surface area (Å²) in [5.74, 6) is 0. The number of carbonyl (C=O) groups is 2. The van der Waals surface area contributed by atoms with Crippen LogP contribution in [0.4, 0.5) is 0 Å². The lowest BCUT2D eigenvalue weighted by Gasteiger charge is -2.14. The molecule has 0 rings (SSSR count). The highest BCUT2D eigenvalue weighted by Gasteiger charge is 2.03. The van der Waals surface area contributed by atoms with Crippen molar-refractivity contribution in [2.75, 3.05) is 7.11 Å². The molecule has 0 aliphatic heterocycles. The maximum absolute atomic E-state index is 9.67. The molecular weight excluding hydrogens is 170 g/mol. The molecule has 0 heterocycles. The van der Waals surface area contributed by atoms with E-state index in [4.69, 9.17) is 4.74 Å². The molecule has 0 aliphatic carbocycles. The van der Waals surface area contributed by atoms with Crippen LogP contribution in [0.1, 0.15) is 27.7 Å². The fraction of sp³-hybridized carbons (Fsp3) is 0.778. The average molecular weight is 189 g/mol. The summed E-state index contributed by atoms with van der Waals surface area (Å²) in [4.78, 5) is 19.2. The van der Waals surface area contributed by atoms with Gasteiger partial charge in [-0.05, 0) is 27.7 Å². The Morgan fingerprint density at radius 1 is 1.31 bits per heavy atom. The number of amides is 1. The van der Waals surface area contributed by atoms with Crippen LogP contribution in [0.5, 0.6) is 0 Å². The van der Waals surface area contributed by atoms with Crippen LogP contribution in [0.3, 0.4) is 0 Å². The Morgan fingerprint density at radius 3 is 1.77 bits per heavy atom. The summed E-state index contributed by atoms with van der Waals surface area (Å²) in [6.45, 7) is 7.66. The molecule has 1 amide bonds. The number of carbonyl (C=O) groups excluding carboxylic acids is 2. The van der Waals surface area contributed by atoms with Gasteiger partial charge in [-0.1, -0.05) is 0 Å². The lowest BCUT2D eigenvalue weighted by molar-refractivity contribution is -0.114. The normalized spacial score (nSPS) is 12.1. The first-order chi connectivity index (χ1) is 5.87. The second kappa shape index (κ2) is 7.73. The minimum Gasteiger partial charge on any atom is -0.379 e. The SMILES string of the molecule is CC(C=O)NC=O.COC(C)(C)C. The van der Waals surface area contributed by atoms with E-state index in [1.54, 1.807) is 14.0 Å². The first-order valence-electron chi connectivity index (χ1n) is 4.07. The summed E-state index contributed by atoms with van der Waals surface area (Å²) in [5, 5.41) is 2.25. The molecule has 0 saturated carbocycles. The molecular formula is C9H19NO3. The van der Waals surface area contributed by atoms with Crippen LogP contribution in [-0.2, 0) is 14.3 Å². The molecule has 1 atom stereocenters. The molecule has 1 N–H and O–H groups in total. The van der Waals surface area contributed by atoms with Crippen LogP contribution >= 0.6 is 0 Å². The number of ether oxygens (including phenoxy) is 1. The summed E-state index contributed by atoms with van der Waals surface area (Å²) >= 11 is 0. The minimum atomic E-state index is -0.350. The quantitative estimate of drug-likeness (QED) is 0.666. The Bertz CT molecular complexity index is 140. The van der Waals surface area contributed by atoms with Crippen LogP contribution in [0.15, 0.2) is 0 Å². The molecule has 0 aromatic heterocycles. The van der Waals surface area contributed by atoms with Gasteiger partial charge in [-0.15, -0.1) is 0 Å². The van der Waals surface area contributed by atoms with E-state index in [0.29, 0.717) is 12.7 Å². The Hall–Kier alpha value is -0.900. The molecule has 0 aromatic carbocycles. The monoisotopic (exact) mass is 189 g/mol. The van der Waals surface area contributed by atoms with E-state index in [-0.39, 0.29) is 11.6 Å². The average Bonchev–Trinajstić information content (AvgIpc) is 2.05. The fourth-order valence-corrected chi connectivity index (χ4v) is 0.147. The van der Waals surface area contributed by atoms with E-state index in [1.165, 1.54) is 0 Å². The van der Waals surface area contributed by atoms with Crippen molar-refractivity contribution in [1.82, 2.24) is 5.32 Å². The molecule has 0 saturated heterocycles. The minimum absolute atomic E-state index is 0.0417. The van der Waals surface area contributed by atoms with Crippen LogP contribution < -0.4 is 5.32 Å². The van der Waals surface area contributed by atoms with Gasteiger partial charge in [-0.25, -0.2) is 0 Å². The van der Waals surface area contributed by atoms with E-state index in [9.17, 15) is 9.59 Å². The van der Waals surface area contributed by atoms with Gasteiger partial charge in [0.15, 0.2) is 0 Å². The molecule has 0 bridgehead atoms. The number of hydrogen-bond donors (Lipinski definition) is 1. The second-order valence-corrected chi connectivity index (χ2v) is 3.53. The van der Waals surface area contributed by atoms with Crippen molar-refractivity contribution in [3.63, 3.8) is 0 Å². The third kappa shape index (κ3) is 18.2. The first-order valence-corrected chi connectivity index (χ1v) is 4.07. The van der Waals surface area contributed by atoms with Crippen LogP contribution in [0.2, 0.25) is 0 Å². The number of hydrogen-bond acceptors (Lipinski definition) is 3. The summed E-state index contributed by atoms with van der Waals surface area (Å²) in [6.07, 6.45) is 1.16. The Kier molecular flexibility index (Phi) is 8.69. The number of methoxy groups -OCH3 is 1. The van der Waals surface area contributed by atoms with Crippen molar-refractivity contribution >= 4 is 12.7 Å². The highest BCUT2D eigenvalue weighted by Crippen LogP contribution is 2.02. The van der Waals surface area contributed by atoms with Crippen LogP contribution in [0, 0.1) is 0 Å². The van der Waals surface area contributed by atoms with Gasteiger partial charge in [-0.3, -0.25) is 4.79 Å². The number of nitrogens with one attached hydrogen (secondary N) is 1. The van der Waals surface area contributed by atoms with E-state index < -0.39 is 0 Å². The maximum atomic E-state index is 9.67. The zero-order valence-electron chi connectivity index (χ0n) is 8.96. The molecule has 4 nitrogen and oxygen atoms in total. The van der Waals surface area contributed by atoms with Gasteiger partial charge in [-0.2, -0.15) is 0 Å². The van der Waals surface area contributed by atoms with E-state index in [2.05, 4.69) is 5.32 Å². The summed E-state index contributed by atoms with van der Waals surface area (Å²) in [5.41, 5.74) is 0.0417. The lowest BCUT2D eigenvalue weighted by atomic mass is 10.2. The molecule has 13 heavy (non-hydrogen) atoms. The Balaban J connectivity index is 0. The first kappa shape index (κ1) is 14.6. The van der Waals surface area contributed by atoms with Gasteiger partial charge >= 0.3 is 0 Å². The maximum Gasteiger partial charge on any atom is 0.207 e. The molecule has 78 valence electrons. The largest absolute Gasteiger partial charge is 0.379 e. The van der Waals surface area contributed by atoms with Gasteiger partial charge < -0.3 is 14.8 Å². The summed E-state index contributed by atoms with van der Waals surface area (Å²) < 4.78 is 4.94. The predicted octanol–water partition coefficient (Wildman–Crippen LogP) is 0.751. The third-order valence-electron chi connectivity index (χ3n) is 1.15. The van der Waals surface area contributed by atoms with E-state index in [0.717, 1.165) is 0 Å². The Morgan fingerprint density at radius 2 is 1.69 bits per heavy atom. The van der Waals surface area contributed by atoms with Crippen molar-refractivity contribution in [3.05, 3.63) is 0 Å². The van der Waals surface area contributed by atoms with Crippen molar-refractivity contribution in [3.8, 4) is 0 Å². The van der Waals surface area contributed by atoms with Crippen LogP contribution in [0.25, 0.3) is 0 Å². The van der Waals surface area contributed by atoms with Gasteiger partial charge in [0.2, 0.25) is 6.41 Å². The smallest absolute Gasteiger partial charge is 0.207 e. The topological polar surface area (TPSA) is 55.4 Å². The van der Waals surface area contributed by atoms with Crippen LogP contribution in [-0.4, -0.2) is 31.4 Å². The van der Waals surface area contributed by atoms with Gasteiger partial charge in [0.25, 0.3) is 0 Å². The molecule has 0 radical (unpaired) electrons. The van der Waals surface area contributed by atoms with Crippen molar-refractivity contribution < 1.29 is 14.3 Å². The predicted molar refractivity (Wildman–Crippen MR) is 51.5 cm³/mol. The Labute approximate surface area is 79.7 Å². The molecule has 0 spiro atoms. The highest BCUT2D eigenvalue weighted by atomic mass is 16.5. The van der Waals surface area contributed by atoms with Crippen molar-refractivity contribution in [2.45, 2.75) is 39.3 Å². The molecule has 4 heteroatoms. The standard InChI is InChI=1S/C5H12O.C4H7NO2/c1-5(2,3)6-4;1-4(2-6)5-3-7/h1-4H3;2-4H,1H3,(H,5,7). The van der Waals surface area contributed by atoms with E-state index >= 15 is 0 Å². The lowest BCUT2D eigenvalue weighted by Crippen LogP contribution is -2.24. The highest BCUT2D eigenvalue weighted by molar-refractivity contribution is 5.62. The fourth-order valence-electron chi connectivity index (χ4n) is 0.147. The second-order valence-electron chi connectivity index (χ2n) is 3.53. The molecule has 0 fully saturated rings.